The van der Waals surface area contributed by atoms with Crippen molar-refractivity contribution in [2.24, 2.45) is 0 Å². The maximum Gasteiger partial charge on any atom is 0.270 e. The van der Waals surface area contributed by atoms with Crippen LogP contribution in [0.4, 0.5) is 11.5 Å². The molecule has 130 valence electrons. The van der Waals surface area contributed by atoms with Gasteiger partial charge in [-0.3, -0.25) is 9.78 Å². The Balaban J connectivity index is 1.54. The molecule has 0 spiro atoms. The highest BCUT2D eigenvalue weighted by Gasteiger charge is 2.27. The van der Waals surface area contributed by atoms with Gasteiger partial charge in [0.15, 0.2) is 0 Å². The minimum absolute atomic E-state index is 0.177. The summed E-state index contributed by atoms with van der Waals surface area (Å²) in [5.41, 5.74) is 3.91. The molecule has 3 aromatic rings. The van der Waals surface area contributed by atoms with Crippen LogP contribution in [0, 0.1) is 0 Å². The second-order valence-corrected chi connectivity index (χ2v) is 6.47. The number of benzene rings is 1. The highest BCUT2D eigenvalue weighted by Crippen LogP contribution is 2.37. The Labute approximate surface area is 152 Å². The molecule has 5 nitrogen and oxygen atoms in total. The number of carbonyl (C=O) groups excluding carboxylic acids is 1. The van der Waals surface area contributed by atoms with Crippen LogP contribution >= 0.6 is 0 Å². The van der Waals surface area contributed by atoms with Crippen LogP contribution in [0.3, 0.4) is 0 Å². The molecule has 0 fully saturated rings. The molecule has 1 aliphatic rings. The lowest BCUT2D eigenvalue weighted by Gasteiger charge is -2.24. The second-order valence-electron chi connectivity index (χ2n) is 6.47. The number of nitrogens with zero attached hydrogens (tertiary/aromatic N) is 3. The van der Waals surface area contributed by atoms with Crippen molar-refractivity contribution in [2.45, 2.75) is 25.9 Å². The third-order valence-corrected chi connectivity index (χ3v) is 4.62. The predicted octanol–water partition coefficient (Wildman–Crippen LogP) is 3.49. The number of anilines is 2. The third-order valence-electron chi connectivity index (χ3n) is 4.62. The van der Waals surface area contributed by atoms with Crippen molar-refractivity contribution < 1.29 is 4.79 Å². The predicted molar refractivity (Wildman–Crippen MR) is 101 cm³/mol. The molecule has 0 bridgehead atoms. The van der Waals surface area contributed by atoms with Crippen LogP contribution in [0.5, 0.6) is 0 Å². The standard InChI is InChI=1S/C21H20N4O/c1-15-13-17-5-2-3-7-19(17)25(15)20-8-4-6-18(24-20)21(26)23-14-16-9-11-22-12-10-16/h2-12,15H,13-14H2,1H3,(H,23,26). The smallest absolute Gasteiger partial charge is 0.270 e. The largest absolute Gasteiger partial charge is 0.347 e. The maximum absolute atomic E-state index is 12.5. The van der Waals surface area contributed by atoms with Gasteiger partial charge in [-0.05, 0) is 54.8 Å². The van der Waals surface area contributed by atoms with Crippen LogP contribution in [0.2, 0.25) is 0 Å². The molecule has 26 heavy (non-hydrogen) atoms. The van der Waals surface area contributed by atoms with E-state index in [2.05, 4.69) is 45.3 Å². The summed E-state index contributed by atoms with van der Waals surface area (Å²) in [5.74, 6) is 0.628. The van der Waals surface area contributed by atoms with Crippen LogP contribution in [0.1, 0.15) is 28.5 Å². The van der Waals surface area contributed by atoms with Crippen LogP contribution < -0.4 is 10.2 Å². The Kier molecular flexibility index (Phi) is 4.35. The second kappa shape index (κ2) is 6.96. The zero-order chi connectivity index (χ0) is 17.9. The lowest BCUT2D eigenvalue weighted by atomic mass is 10.1. The first-order valence-corrected chi connectivity index (χ1v) is 8.73. The number of carbonyl (C=O) groups is 1. The monoisotopic (exact) mass is 344 g/mol. The van der Waals surface area contributed by atoms with Crippen molar-refractivity contribution in [1.29, 1.82) is 0 Å². The molecule has 5 heteroatoms. The fraction of sp³-hybridized carbons (Fsp3) is 0.190. The van der Waals surface area contributed by atoms with E-state index in [9.17, 15) is 4.79 Å². The Morgan fingerprint density at radius 3 is 2.77 bits per heavy atom. The number of hydrogen-bond acceptors (Lipinski definition) is 4. The zero-order valence-electron chi connectivity index (χ0n) is 14.6. The number of aromatic nitrogens is 2. The number of hydrogen-bond donors (Lipinski definition) is 1. The molecule has 1 amide bonds. The Hall–Kier alpha value is -3.21. The molecule has 0 saturated carbocycles. The highest BCUT2D eigenvalue weighted by molar-refractivity contribution is 5.92. The first-order valence-electron chi connectivity index (χ1n) is 8.73. The van der Waals surface area contributed by atoms with E-state index in [1.165, 1.54) is 11.3 Å². The number of para-hydroxylation sites is 1. The highest BCUT2D eigenvalue weighted by atomic mass is 16.1. The fourth-order valence-electron chi connectivity index (χ4n) is 3.37. The van der Waals surface area contributed by atoms with E-state index in [0.717, 1.165) is 17.8 Å². The van der Waals surface area contributed by atoms with Crippen LogP contribution in [-0.4, -0.2) is 21.9 Å². The first kappa shape index (κ1) is 16.3. The summed E-state index contributed by atoms with van der Waals surface area (Å²) in [5, 5.41) is 2.92. The number of pyridine rings is 2. The summed E-state index contributed by atoms with van der Waals surface area (Å²) in [7, 11) is 0. The lowest BCUT2D eigenvalue weighted by molar-refractivity contribution is 0.0946. The first-order chi connectivity index (χ1) is 12.7. The number of nitrogens with one attached hydrogen (secondary N) is 1. The normalized spacial score (nSPS) is 15.6. The Morgan fingerprint density at radius 1 is 1.12 bits per heavy atom. The van der Waals surface area contributed by atoms with E-state index in [-0.39, 0.29) is 5.91 Å². The minimum Gasteiger partial charge on any atom is -0.347 e. The van der Waals surface area contributed by atoms with Crippen molar-refractivity contribution in [3.8, 4) is 0 Å². The van der Waals surface area contributed by atoms with Gasteiger partial charge in [0.25, 0.3) is 5.91 Å². The molecule has 0 aliphatic carbocycles. The van der Waals surface area contributed by atoms with E-state index in [0.29, 0.717) is 18.3 Å². The van der Waals surface area contributed by atoms with Crippen molar-refractivity contribution in [3.05, 3.63) is 83.8 Å². The Bertz CT molecular complexity index is 926. The van der Waals surface area contributed by atoms with Gasteiger partial charge in [0.1, 0.15) is 11.5 Å². The average molecular weight is 344 g/mol. The van der Waals surface area contributed by atoms with Gasteiger partial charge in [-0.25, -0.2) is 4.98 Å². The average Bonchev–Trinajstić information content (AvgIpc) is 3.02. The van der Waals surface area contributed by atoms with Crippen LogP contribution in [-0.2, 0) is 13.0 Å². The van der Waals surface area contributed by atoms with Crippen LogP contribution in [0.15, 0.2) is 67.0 Å². The van der Waals surface area contributed by atoms with E-state index >= 15 is 0 Å². The van der Waals surface area contributed by atoms with Gasteiger partial charge >= 0.3 is 0 Å². The van der Waals surface area contributed by atoms with Crippen molar-refractivity contribution in [1.82, 2.24) is 15.3 Å². The van der Waals surface area contributed by atoms with Crippen molar-refractivity contribution in [3.63, 3.8) is 0 Å². The van der Waals surface area contributed by atoms with E-state index in [4.69, 9.17) is 0 Å². The topological polar surface area (TPSA) is 58.1 Å². The molecule has 1 N–H and O–H groups in total. The molecule has 1 aromatic carbocycles. The summed E-state index contributed by atoms with van der Waals surface area (Å²) >= 11 is 0. The quantitative estimate of drug-likeness (QED) is 0.787. The van der Waals surface area contributed by atoms with E-state index < -0.39 is 0 Å². The molecule has 1 unspecified atom stereocenters. The molecule has 0 saturated heterocycles. The molecule has 1 aliphatic heterocycles. The van der Waals surface area contributed by atoms with E-state index in [1.54, 1.807) is 18.5 Å². The molecule has 1 atom stereocenters. The van der Waals surface area contributed by atoms with Crippen molar-refractivity contribution in [2.75, 3.05) is 4.90 Å². The minimum atomic E-state index is -0.177. The molecular formula is C21H20N4O. The van der Waals surface area contributed by atoms with Gasteiger partial charge in [0, 0.05) is 30.7 Å². The van der Waals surface area contributed by atoms with E-state index in [1.807, 2.05) is 30.3 Å². The number of amides is 1. The van der Waals surface area contributed by atoms with Gasteiger partial charge in [-0.15, -0.1) is 0 Å². The molecule has 4 rings (SSSR count). The third kappa shape index (κ3) is 3.16. The lowest BCUT2D eigenvalue weighted by Crippen LogP contribution is -2.27. The van der Waals surface area contributed by atoms with Crippen LogP contribution in [0.25, 0.3) is 0 Å². The van der Waals surface area contributed by atoms with Gasteiger partial charge < -0.3 is 10.2 Å². The van der Waals surface area contributed by atoms with Gasteiger partial charge in [-0.1, -0.05) is 24.3 Å². The summed E-state index contributed by atoms with van der Waals surface area (Å²) in [4.78, 5) is 23.3. The fourth-order valence-corrected chi connectivity index (χ4v) is 3.37. The molecule has 0 radical (unpaired) electrons. The SMILES string of the molecule is CC1Cc2ccccc2N1c1cccc(C(=O)NCc2ccncc2)n1. The molecule has 2 aromatic heterocycles. The zero-order valence-corrected chi connectivity index (χ0v) is 14.6. The molecule has 3 heterocycles. The Morgan fingerprint density at radius 2 is 1.92 bits per heavy atom. The van der Waals surface area contributed by atoms with Crippen molar-refractivity contribution >= 4 is 17.4 Å². The summed E-state index contributed by atoms with van der Waals surface area (Å²) in [6.45, 7) is 2.63. The summed E-state index contributed by atoms with van der Waals surface area (Å²) in [6, 6.07) is 18.0. The van der Waals surface area contributed by atoms with Gasteiger partial charge in [-0.2, -0.15) is 0 Å². The summed E-state index contributed by atoms with van der Waals surface area (Å²) in [6.07, 6.45) is 4.41. The number of fused-ring (bicyclic) bond motifs is 1. The maximum atomic E-state index is 12.5. The molecular weight excluding hydrogens is 324 g/mol. The summed E-state index contributed by atoms with van der Waals surface area (Å²) < 4.78 is 0. The van der Waals surface area contributed by atoms with Gasteiger partial charge in [0.05, 0.1) is 0 Å². The number of rotatable bonds is 4. The van der Waals surface area contributed by atoms with Gasteiger partial charge in [0.2, 0.25) is 0 Å².